The molecule has 0 fully saturated rings. The topological polar surface area (TPSA) is 68.2 Å². The average molecular weight is 340 g/mol. The monoisotopic (exact) mass is 340 g/mol. The molecule has 6 heteroatoms. The minimum absolute atomic E-state index is 0.0378. The minimum Gasteiger partial charge on any atom is -0.465 e. The van der Waals surface area contributed by atoms with E-state index in [9.17, 15) is 9.59 Å². The summed E-state index contributed by atoms with van der Waals surface area (Å²) >= 11 is 0. The van der Waals surface area contributed by atoms with Crippen molar-refractivity contribution in [3.63, 3.8) is 0 Å². The second-order valence-corrected chi connectivity index (χ2v) is 6.22. The summed E-state index contributed by atoms with van der Waals surface area (Å²) in [4.78, 5) is 33.8. The maximum absolute atomic E-state index is 12.4. The minimum atomic E-state index is -0.378. The molecule has 0 aromatic rings. The van der Waals surface area contributed by atoms with Crippen molar-refractivity contribution in [2.75, 3.05) is 13.2 Å². The number of amidine groups is 1. The Bertz CT molecular complexity index is 423. The van der Waals surface area contributed by atoms with Crippen molar-refractivity contribution in [1.82, 2.24) is 5.06 Å². The van der Waals surface area contributed by atoms with Crippen LogP contribution in [0.5, 0.6) is 0 Å². The molecule has 0 bridgehead atoms. The normalized spacial score (nSPS) is 17.5. The third-order valence-electron chi connectivity index (χ3n) is 3.95. The van der Waals surface area contributed by atoms with E-state index in [1.807, 2.05) is 0 Å². The van der Waals surface area contributed by atoms with Crippen LogP contribution in [0.4, 0.5) is 0 Å². The fourth-order valence-corrected chi connectivity index (χ4v) is 2.58. The zero-order chi connectivity index (χ0) is 17.8. The van der Waals surface area contributed by atoms with Crippen LogP contribution in [0.3, 0.4) is 0 Å². The highest BCUT2D eigenvalue weighted by atomic mass is 16.7. The van der Waals surface area contributed by atoms with E-state index in [0.717, 1.165) is 51.4 Å². The van der Waals surface area contributed by atoms with Crippen molar-refractivity contribution in [1.29, 1.82) is 0 Å². The van der Waals surface area contributed by atoms with E-state index >= 15 is 0 Å². The number of aliphatic imine (C=N–C) groups is 1. The Labute approximate surface area is 145 Å². The van der Waals surface area contributed by atoms with Crippen LogP contribution in [0.1, 0.15) is 78.6 Å². The van der Waals surface area contributed by atoms with E-state index < -0.39 is 0 Å². The summed E-state index contributed by atoms with van der Waals surface area (Å²) in [5.41, 5.74) is 0. The van der Waals surface area contributed by atoms with Crippen molar-refractivity contribution < 1.29 is 19.2 Å². The van der Waals surface area contributed by atoms with E-state index in [1.54, 1.807) is 0 Å². The summed E-state index contributed by atoms with van der Waals surface area (Å²) in [6.45, 7) is 6.35. The van der Waals surface area contributed by atoms with Gasteiger partial charge in [0.05, 0.1) is 13.0 Å². The smallest absolute Gasteiger partial charge is 0.302 e. The number of carbonyl (C=O) groups excluding carboxylic acids is 2. The predicted molar refractivity (Wildman–Crippen MR) is 93.6 cm³/mol. The van der Waals surface area contributed by atoms with Gasteiger partial charge in [-0.3, -0.25) is 19.4 Å². The number of carbonyl (C=O) groups is 2. The Kier molecular flexibility index (Phi) is 10.3. The molecule has 0 aromatic heterocycles. The zero-order valence-electron chi connectivity index (χ0n) is 15.4. The number of amides is 1. The lowest BCUT2D eigenvalue weighted by atomic mass is 10.1. The van der Waals surface area contributed by atoms with Gasteiger partial charge in [0.15, 0.2) is 0 Å². The Hall–Kier alpha value is -1.43. The van der Waals surface area contributed by atoms with Gasteiger partial charge in [-0.05, 0) is 12.8 Å². The third-order valence-corrected chi connectivity index (χ3v) is 3.95. The number of nitrogens with zero attached hydrogens (tertiary/aromatic N) is 2. The molecule has 0 N–H and O–H groups in total. The Morgan fingerprint density at radius 1 is 1.21 bits per heavy atom. The molecule has 1 unspecified atom stereocenters. The number of esters is 1. The molecule has 0 saturated heterocycles. The molecule has 0 radical (unpaired) electrons. The van der Waals surface area contributed by atoms with Crippen LogP contribution in [0, 0.1) is 0 Å². The first-order chi connectivity index (χ1) is 11.6. The highest BCUT2D eigenvalue weighted by Crippen LogP contribution is 2.18. The molecule has 6 nitrogen and oxygen atoms in total. The van der Waals surface area contributed by atoms with Crippen LogP contribution >= 0.6 is 0 Å². The summed E-state index contributed by atoms with van der Waals surface area (Å²) in [6, 6.07) is 0. The molecule has 138 valence electrons. The van der Waals surface area contributed by atoms with Gasteiger partial charge in [-0.2, -0.15) is 5.06 Å². The Morgan fingerprint density at radius 2 is 1.92 bits per heavy atom. The van der Waals surface area contributed by atoms with Crippen molar-refractivity contribution in [2.24, 2.45) is 4.99 Å². The third kappa shape index (κ3) is 7.90. The molecule has 1 rings (SSSR count). The lowest BCUT2D eigenvalue weighted by Gasteiger charge is -2.32. The van der Waals surface area contributed by atoms with Gasteiger partial charge >= 0.3 is 5.97 Å². The zero-order valence-corrected chi connectivity index (χ0v) is 15.4. The van der Waals surface area contributed by atoms with Gasteiger partial charge in [-0.25, -0.2) is 0 Å². The molecule has 0 aromatic carbocycles. The van der Waals surface area contributed by atoms with Crippen molar-refractivity contribution in [3.8, 4) is 0 Å². The lowest BCUT2D eigenvalue weighted by molar-refractivity contribution is -0.183. The van der Waals surface area contributed by atoms with Gasteiger partial charge < -0.3 is 4.74 Å². The number of unbranched alkanes of at least 4 members (excludes halogenated alkanes) is 4. The molecule has 1 amide bonds. The van der Waals surface area contributed by atoms with Gasteiger partial charge in [0.2, 0.25) is 0 Å². The molecular formula is C18H32N2O4. The SMILES string of the molecule is CCCCCC1=NCC(CCCCC)ON1C(=O)CCOC(C)=O. The fraction of sp³-hybridized carbons (Fsp3) is 0.833. The summed E-state index contributed by atoms with van der Waals surface area (Å²) in [6.07, 6.45) is 8.35. The van der Waals surface area contributed by atoms with Crippen LogP contribution in [0.25, 0.3) is 0 Å². The van der Waals surface area contributed by atoms with E-state index in [1.165, 1.54) is 12.0 Å². The molecule has 24 heavy (non-hydrogen) atoms. The molecule has 0 spiro atoms. The molecule has 1 aliphatic rings. The second kappa shape index (κ2) is 12.0. The van der Waals surface area contributed by atoms with Crippen LogP contribution in [0.2, 0.25) is 0 Å². The predicted octanol–water partition coefficient (Wildman–Crippen LogP) is 3.64. The van der Waals surface area contributed by atoms with Crippen LogP contribution in [-0.2, 0) is 19.2 Å². The Balaban J connectivity index is 2.60. The lowest BCUT2D eigenvalue weighted by Crippen LogP contribution is -2.45. The van der Waals surface area contributed by atoms with Gasteiger partial charge in [0.1, 0.15) is 18.5 Å². The molecular weight excluding hydrogens is 308 g/mol. The molecule has 1 aliphatic heterocycles. The van der Waals surface area contributed by atoms with E-state index in [4.69, 9.17) is 9.57 Å². The average Bonchev–Trinajstić information content (AvgIpc) is 2.56. The number of hydroxylamine groups is 2. The van der Waals surface area contributed by atoms with Gasteiger partial charge in [0.25, 0.3) is 5.91 Å². The number of hydrogen-bond donors (Lipinski definition) is 0. The summed E-state index contributed by atoms with van der Waals surface area (Å²) < 4.78 is 4.86. The van der Waals surface area contributed by atoms with E-state index in [2.05, 4.69) is 18.8 Å². The summed E-state index contributed by atoms with van der Waals surface area (Å²) in [5.74, 6) is 0.145. The first-order valence-corrected chi connectivity index (χ1v) is 9.24. The summed E-state index contributed by atoms with van der Waals surface area (Å²) in [7, 11) is 0. The van der Waals surface area contributed by atoms with Crippen LogP contribution < -0.4 is 0 Å². The number of ether oxygens (including phenoxy) is 1. The van der Waals surface area contributed by atoms with Crippen molar-refractivity contribution in [3.05, 3.63) is 0 Å². The van der Waals surface area contributed by atoms with Crippen LogP contribution in [0.15, 0.2) is 4.99 Å². The molecule has 0 aliphatic carbocycles. The first kappa shape index (κ1) is 20.6. The maximum atomic E-state index is 12.4. The summed E-state index contributed by atoms with van der Waals surface area (Å²) in [5, 5.41) is 1.36. The molecule has 1 heterocycles. The maximum Gasteiger partial charge on any atom is 0.302 e. The van der Waals surface area contributed by atoms with Crippen LogP contribution in [-0.4, -0.2) is 42.0 Å². The van der Waals surface area contributed by atoms with Gasteiger partial charge in [-0.1, -0.05) is 46.0 Å². The second-order valence-electron chi connectivity index (χ2n) is 6.22. The quantitative estimate of drug-likeness (QED) is 0.425. The highest BCUT2D eigenvalue weighted by Gasteiger charge is 2.28. The van der Waals surface area contributed by atoms with Crippen molar-refractivity contribution in [2.45, 2.75) is 84.7 Å². The molecule has 1 atom stereocenters. The van der Waals surface area contributed by atoms with Gasteiger partial charge in [-0.15, -0.1) is 0 Å². The molecule has 0 saturated carbocycles. The number of rotatable bonds is 11. The van der Waals surface area contributed by atoms with E-state index in [0.29, 0.717) is 12.4 Å². The largest absolute Gasteiger partial charge is 0.465 e. The van der Waals surface area contributed by atoms with E-state index in [-0.39, 0.29) is 31.0 Å². The first-order valence-electron chi connectivity index (χ1n) is 9.24. The highest BCUT2D eigenvalue weighted by molar-refractivity contribution is 5.97. The van der Waals surface area contributed by atoms with Gasteiger partial charge in [0, 0.05) is 13.3 Å². The van der Waals surface area contributed by atoms with Crippen molar-refractivity contribution >= 4 is 17.7 Å². The standard InChI is InChI=1S/C18H32N2O4/c1-4-6-8-10-16-14-19-17(11-9-7-5-2)20(24-16)18(22)12-13-23-15(3)21/h16H,4-14H2,1-3H3. The Morgan fingerprint density at radius 3 is 2.58 bits per heavy atom. The fourth-order valence-electron chi connectivity index (χ4n) is 2.58. The number of hydrogen-bond acceptors (Lipinski definition) is 5.